The average molecular weight is 294 g/mol. The van der Waals surface area contributed by atoms with E-state index in [1.165, 1.54) is 10.4 Å². The molecule has 0 fully saturated rings. The zero-order valence-electron chi connectivity index (χ0n) is 10.5. The minimum absolute atomic E-state index is 0. The monoisotopic (exact) mass is 294 g/mol. The molecule has 0 aliphatic rings. The molecule has 0 radical (unpaired) electrons. The van der Waals surface area contributed by atoms with Gasteiger partial charge in [0.25, 0.3) is 0 Å². The summed E-state index contributed by atoms with van der Waals surface area (Å²) in [5.41, 5.74) is 0. The van der Waals surface area contributed by atoms with Gasteiger partial charge in [-0.2, -0.15) is 17.6 Å². The standard InChI is InChI=1S/2C7H7Si.Fe/c2*1-8(2)7-5-3-4-6-7;/h2*8H,1-2H3;/q2*-5;. The van der Waals surface area contributed by atoms with Crippen molar-refractivity contribution < 1.29 is 17.1 Å². The molecule has 0 nitrogen and oxygen atoms in total. The summed E-state index contributed by atoms with van der Waals surface area (Å²) in [6.07, 6.45) is 0. The molecule has 0 aliphatic heterocycles. The minimum Gasteiger partial charge on any atom is -0.999 e. The van der Waals surface area contributed by atoms with Gasteiger partial charge in [-0.05, 0) is 0 Å². The molecule has 0 atom stereocenters. The van der Waals surface area contributed by atoms with Crippen molar-refractivity contribution >= 4 is 28.0 Å². The molecule has 0 spiro atoms. The third-order valence-corrected chi connectivity index (χ3v) is 4.96. The van der Waals surface area contributed by atoms with E-state index in [0.29, 0.717) is 0 Å². The summed E-state index contributed by atoms with van der Waals surface area (Å²) in [6, 6.07) is 22.8. The van der Waals surface area contributed by atoms with Gasteiger partial charge in [-0.25, -0.2) is 0 Å². The van der Waals surface area contributed by atoms with Crippen molar-refractivity contribution in [2.24, 2.45) is 0 Å². The summed E-state index contributed by atoms with van der Waals surface area (Å²) in [4.78, 5) is 0. The zero-order valence-corrected chi connectivity index (χ0v) is 13.9. The van der Waals surface area contributed by atoms with E-state index in [0.717, 1.165) is 0 Å². The van der Waals surface area contributed by atoms with Crippen LogP contribution in [-0.2, 0) is 17.1 Å². The topological polar surface area (TPSA) is 0 Å². The number of hydrogen-bond acceptors (Lipinski definition) is 0. The Labute approximate surface area is 119 Å². The molecule has 2 rings (SSSR count). The summed E-state index contributed by atoms with van der Waals surface area (Å²) in [5.74, 6) is 0. The molecular weight excluding hydrogens is 280 g/mol. The van der Waals surface area contributed by atoms with Crippen LogP contribution in [0.1, 0.15) is 0 Å². The zero-order chi connectivity index (χ0) is 12.0. The van der Waals surface area contributed by atoms with Crippen molar-refractivity contribution in [1.82, 2.24) is 0 Å². The average Bonchev–Trinajstić information content (AvgIpc) is 2.93. The van der Waals surface area contributed by atoms with Gasteiger partial charge >= 0.3 is 0 Å². The van der Waals surface area contributed by atoms with Gasteiger partial charge in [0, 0.05) is 17.1 Å². The summed E-state index contributed by atoms with van der Waals surface area (Å²) in [7, 11) is -1.31. The molecule has 0 heterocycles. The van der Waals surface area contributed by atoms with Gasteiger partial charge in [0.1, 0.15) is 0 Å². The summed E-state index contributed by atoms with van der Waals surface area (Å²) in [5, 5.41) is 2.43. The maximum atomic E-state index is 2.96. The van der Waals surface area contributed by atoms with E-state index >= 15 is 0 Å². The molecule has 0 unspecified atom stereocenters. The van der Waals surface area contributed by atoms with Crippen molar-refractivity contribution in [2.75, 3.05) is 0 Å². The molecule has 0 aromatic heterocycles. The first kappa shape index (κ1) is 16.7. The Morgan fingerprint density at radius 2 is 0.824 bits per heavy atom. The Morgan fingerprint density at radius 1 is 0.588 bits per heavy atom. The Balaban J connectivity index is 0.000000284. The van der Waals surface area contributed by atoms with Gasteiger partial charge in [-0.1, -0.05) is 26.2 Å². The van der Waals surface area contributed by atoms with E-state index in [-0.39, 0.29) is 17.1 Å². The van der Waals surface area contributed by atoms with Crippen LogP contribution in [0.15, 0.2) is 0 Å². The largest absolute Gasteiger partial charge is 0.999 e. The minimum atomic E-state index is -0.654. The van der Waals surface area contributed by atoms with Gasteiger partial charge in [0.15, 0.2) is 0 Å². The van der Waals surface area contributed by atoms with E-state index in [1.54, 1.807) is 0 Å². The van der Waals surface area contributed by atoms with E-state index < -0.39 is 17.6 Å². The third-order valence-electron chi connectivity index (χ3n) is 2.07. The molecule has 96 valence electrons. The molecule has 0 saturated heterocycles. The Bertz CT molecular complexity index is 323. The van der Waals surface area contributed by atoms with E-state index in [4.69, 9.17) is 0 Å². The van der Waals surface area contributed by atoms with Crippen LogP contribution < -0.4 is 10.4 Å². The van der Waals surface area contributed by atoms with Crippen LogP contribution in [0, 0.1) is 48.5 Å². The second kappa shape index (κ2) is 8.70. The van der Waals surface area contributed by atoms with Gasteiger partial charge in [-0.3, -0.25) is 0 Å². The molecule has 0 bridgehead atoms. The fraction of sp³-hybridized carbons (Fsp3) is 0.286. The first-order valence-corrected chi connectivity index (χ1v) is 11.2. The van der Waals surface area contributed by atoms with Crippen molar-refractivity contribution in [2.45, 2.75) is 26.2 Å². The molecule has 2 aromatic carbocycles. The van der Waals surface area contributed by atoms with Crippen LogP contribution in [-0.4, -0.2) is 17.6 Å². The molecular formula is C14H14FeSi2-10. The molecule has 0 N–H and O–H groups in total. The molecule has 3 heteroatoms. The van der Waals surface area contributed by atoms with Crippen LogP contribution >= 0.6 is 0 Å². The van der Waals surface area contributed by atoms with Gasteiger partial charge in [0.2, 0.25) is 0 Å². The molecule has 17 heavy (non-hydrogen) atoms. The van der Waals surface area contributed by atoms with Gasteiger partial charge < -0.3 is 58.9 Å². The fourth-order valence-corrected chi connectivity index (χ4v) is 2.48. The van der Waals surface area contributed by atoms with Crippen molar-refractivity contribution in [3.8, 4) is 0 Å². The molecule has 2 aromatic rings. The molecule has 0 aliphatic carbocycles. The van der Waals surface area contributed by atoms with Crippen molar-refractivity contribution in [3.63, 3.8) is 0 Å². The predicted octanol–water partition coefficient (Wildman–Crippen LogP) is 0.597. The van der Waals surface area contributed by atoms with Crippen molar-refractivity contribution in [1.29, 1.82) is 0 Å². The molecule has 0 amide bonds. The second-order valence-corrected chi connectivity index (χ2v) is 9.91. The van der Waals surface area contributed by atoms with Crippen LogP contribution in [0.2, 0.25) is 26.2 Å². The summed E-state index contributed by atoms with van der Waals surface area (Å²) >= 11 is 0. The Kier molecular flexibility index (Phi) is 8.52. The van der Waals surface area contributed by atoms with Crippen LogP contribution in [0.4, 0.5) is 0 Å². The second-order valence-electron chi connectivity index (χ2n) is 4.14. The van der Waals surface area contributed by atoms with E-state index in [1.807, 2.05) is 0 Å². The SMILES string of the molecule is C[SiH](C)[c-]1[c-][c-][c-][c-]1.C[SiH](C)[c-]1[c-][c-][c-][c-]1.[Fe]. The van der Waals surface area contributed by atoms with Crippen LogP contribution in [0.3, 0.4) is 0 Å². The normalized spacial score (nSPS) is 9.76. The maximum Gasteiger partial charge on any atom is 0 e. The fourth-order valence-electron chi connectivity index (χ4n) is 1.03. The summed E-state index contributed by atoms with van der Waals surface area (Å²) < 4.78 is 0. The Morgan fingerprint density at radius 3 is 0.941 bits per heavy atom. The predicted molar refractivity (Wildman–Crippen MR) is 71.8 cm³/mol. The van der Waals surface area contributed by atoms with Crippen molar-refractivity contribution in [3.05, 3.63) is 48.5 Å². The maximum absolute atomic E-state index is 2.96. The number of rotatable bonds is 2. The Hall–Kier alpha value is -0.347. The van der Waals surface area contributed by atoms with Crippen LogP contribution in [0.25, 0.3) is 0 Å². The quantitative estimate of drug-likeness (QED) is 0.562. The third kappa shape index (κ3) is 6.22. The first-order chi connectivity index (χ1) is 7.61. The van der Waals surface area contributed by atoms with Gasteiger partial charge in [-0.15, -0.1) is 0 Å². The smallest absolute Gasteiger partial charge is 0 e. The van der Waals surface area contributed by atoms with Crippen LogP contribution in [0.5, 0.6) is 0 Å². The van der Waals surface area contributed by atoms with E-state index in [9.17, 15) is 0 Å². The van der Waals surface area contributed by atoms with E-state index in [2.05, 4.69) is 74.7 Å². The molecule has 0 saturated carbocycles. The number of hydrogen-bond donors (Lipinski definition) is 0. The first-order valence-electron chi connectivity index (χ1n) is 5.39. The summed E-state index contributed by atoms with van der Waals surface area (Å²) in [6.45, 7) is 8.96. The van der Waals surface area contributed by atoms with Gasteiger partial charge in [0.05, 0.1) is 0 Å².